The molecule has 1 aliphatic rings. The Kier molecular flexibility index (Phi) is 4.33. The maximum atomic E-state index is 14.0. The van der Waals surface area contributed by atoms with Crippen LogP contribution in [0.5, 0.6) is 0 Å². The van der Waals surface area contributed by atoms with Crippen molar-refractivity contribution in [2.75, 3.05) is 6.54 Å². The highest BCUT2D eigenvalue weighted by atomic mass is 19.1. The average molecular weight is 296 g/mol. The molecule has 5 heteroatoms. The number of carbonyl (C=O) groups is 1. The smallest absolute Gasteiger partial charge is 0.241 e. The van der Waals surface area contributed by atoms with E-state index in [1.165, 1.54) is 12.1 Å². The zero-order valence-corrected chi connectivity index (χ0v) is 12.9. The number of halogens is 2. The highest BCUT2D eigenvalue weighted by molar-refractivity contribution is 5.84. The summed E-state index contributed by atoms with van der Waals surface area (Å²) in [6.45, 7) is 8.50. The minimum Gasteiger partial charge on any atom is -0.321 e. The number of benzene rings is 1. The predicted molar refractivity (Wildman–Crippen MR) is 77.5 cm³/mol. The van der Waals surface area contributed by atoms with E-state index in [9.17, 15) is 13.6 Å². The van der Waals surface area contributed by atoms with Crippen LogP contribution in [0, 0.1) is 17.0 Å². The Morgan fingerprint density at radius 2 is 1.95 bits per heavy atom. The molecule has 1 saturated heterocycles. The molecule has 0 radical (unpaired) electrons. The van der Waals surface area contributed by atoms with Gasteiger partial charge in [0, 0.05) is 18.2 Å². The van der Waals surface area contributed by atoms with Gasteiger partial charge in [0.2, 0.25) is 5.91 Å². The summed E-state index contributed by atoms with van der Waals surface area (Å²) in [6, 6.07) is 3.17. The van der Waals surface area contributed by atoms with E-state index in [1.54, 1.807) is 4.90 Å². The summed E-state index contributed by atoms with van der Waals surface area (Å²) in [5.41, 5.74) is 0.208. The number of nitrogens with one attached hydrogen (secondary N) is 1. The van der Waals surface area contributed by atoms with Gasteiger partial charge < -0.3 is 4.90 Å². The number of hydrogen-bond donors (Lipinski definition) is 1. The Bertz CT molecular complexity index is 540. The molecule has 21 heavy (non-hydrogen) atoms. The molecule has 1 aliphatic heterocycles. The molecule has 1 N–H and O–H groups in total. The highest BCUT2D eigenvalue weighted by Crippen LogP contribution is 2.31. The highest BCUT2D eigenvalue weighted by Gasteiger charge is 2.41. The van der Waals surface area contributed by atoms with Crippen LogP contribution in [-0.2, 0) is 4.79 Å². The van der Waals surface area contributed by atoms with E-state index in [1.807, 2.05) is 27.7 Å². The van der Waals surface area contributed by atoms with Crippen molar-refractivity contribution in [3.63, 3.8) is 0 Å². The Balaban J connectivity index is 2.36. The van der Waals surface area contributed by atoms with Gasteiger partial charge in [-0.1, -0.05) is 27.7 Å². The van der Waals surface area contributed by atoms with Crippen LogP contribution in [0.25, 0.3) is 0 Å². The first-order valence-electron chi connectivity index (χ1n) is 7.24. The van der Waals surface area contributed by atoms with Crippen molar-refractivity contribution in [2.45, 2.75) is 46.3 Å². The van der Waals surface area contributed by atoms with Crippen molar-refractivity contribution in [3.05, 3.63) is 35.4 Å². The third-order valence-electron chi connectivity index (χ3n) is 3.56. The predicted octanol–water partition coefficient (Wildman–Crippen LogP) is 3.22. The van der Waals surface area contributed by atoms with Gasteiger partial charge in [-0.2, -0.15) is 0 Å². The Labute approximate surface area is 124 Å². The zero-order chi connectivity index (χ0) is 15.8. The molecule has 1 aromatic carbocycles. The van der Waals surface area contributed by atoms with Crippen LogP contribution in [-0.4, -0.2) is 23.4 Å². The topological polar surface area (TPSA) is 32.3 Å². The molecule has 0 spiro atoms. The molecule has 2 atom stereocenters. The number of hydrogen-bond acceptors (Lipinski definition) is 2. The lowest BCUT2D eigenvalue weighted by molar-refractivity contribution is -0.131. The lowest BCUT2D eigenvalue weighted by Gasteiger charge is -2.31. The van der Waals surface area contributed by atoms with Gasteiger partial charge in [-0.25, -0.2) is 8.78 Å². The van der Waals surface area contributed by atoms with E-state index < -0.39 is 17.8 Å². The van der Waals surface area contributed by atoms with Crippen molar-refractivity contribution >= 4 is 5.91 Å². The third kappa shape index (κ3) is 3.40. The van der Waals surface area contributed by atoms with E-state index in [0.717, 1.165) is 6.07 Å². The third-order valence-corrected chi connectivity index (χ3v) is 3.56. The second-order valence-electron chi connectivity index (χ2n) is 6.72. The largest absolute Gasteiger partial charge is 0.321 e. The second-order valence-corrected chi connectivity index (χ2v) is 6.72. The van der Waals surface area contributed by atoms with Crippen LogP contribution in [0.15, 0.2) is 18.2 Å². The molecule has 1 fully saturated rings. The Morgan fingerprint density at radius 1 is 1.29 bits per heavy atom. The summed E-state index contributed by atoms with van der Waals surface area (Å²) >= 11 is 0. The van der Waals surface area contributed by atoms with E-state index in [-0.39, 0.29) is 17.4 Å². The maximum Gasteiger partial charge on any atom is 0.241 e. The molecule has 2 unspecified atom stereocenters. The molecule has 1 heterocycles. The van der Waals surface area contributed by atoms with Crippen LogP contribution in [0.3, 0.4) is 0 Å². The standard InChI is InChI=1S/C16H22F2N2O/c1-5-13-15(21)20(9-16(2,3)4)14(19-13)11-7-6-10(17)8-12(11)18/h6-8,13-14,19H,5,9H2,1-4H3. The molecule has 1 aromatic rings. The SMILES string of the molecule is CCC1NC(c2ccc(F)cc2F)N(CC(C)(C)C)C1=O. The van der Waals surface area contributed by atoms with Gasteiger partial charge in [-0.05, 0) is 24.0 Å². The Morgan fingerprint density at radius 3 is 2.48 bits per heavy atom. The van der Waals surface area contributed by atoms with Crippen LogP contribution >= 0.6 is 0 Å². The lowest BCUT2D eigenvalue weighted by atomic mass is 9.95. The molecule has 1 amide bonds. The van der Waals surface area contributed by atoms with E-state index in [2.05, 4.69) is 5.32 Å². The first-order chi connectivity index (χ1) is 9.73. The quantitative estimate of drug-likeness (QED) is 0.929. The molecule has 3 nitrogen and oxygen atoms in total. The van der Waals surface area contributed by atoms with Crippen molar-refractivity contribution in [1.29, 1.82) is 0 Å². The van der Waals surface area contributed by atoms with Gasteiger partial charge in [0.05, 0.1) is 6.04 Å². The maximum absolute atomic E-state index is 14.0. The van der Waals surface area contributed by atoms with Crippen molar-refractivity contribution < 1.29 is 13.6 Å². The summed E-state index contributed by atoms with van der Waals surface area (Å²) in [5.74, 6) is -1.27. The number of rotatable bonds is 3. The first-order valence-corrected chi connectivity index (χ1v) is 7.24. The van der Waals surface area contributed by atoms with Crippen LogP contribution in [0.2, 0.25) is 0 Å². The van der Waals surface area contributed by atoms with Crippen molar-refractivity contribution in [2.24, 2.45) is 5.41 Å². The van der Waals surface area contributed by atoms with E-state index in [4.69, 9.17) is 0 Å². The zero-order valence-electron chi connectivity index (χ0n) is 12.9. The minimum absolute atomic E-state index is 0.0267. The molecule has 2 rings (SSSR count). The second kappa shape index (κ2) is 5.72. The minimum atomic E-state index is -0.629. The number of amides is 1. The molecule has 0 bridgehead atoms. The monoisotopic (exact) mass is 296 g/mol. The summed E-state index contributed by atoms with van der Waals surface area (Å²) in [6.07, 6.45) is 0.0981. The molecule has 0 aliphatic carbocycles. The summed E-state index contributed by atoms with van der Waals surface area (Å²) in [7, 11) is 0. The van der Waals surface area contributed by atoms with Gasteiger partial charge in [-0.15, -0.1) is 0 Å². The van der Waals surface area contributed by atoms with Crippen LogP contribution in [0.4, 0.5) is 8.78 Å². The number of nitrogens with zero attached hydrogens (tertiary/aromatic N) is 1. The normalized spacial score (nSPS) is 23.0. The summed E-state index contributed by atoms with van der Waals surface area (Å²) in [4.78, 5) is 14.1. The van der Waals surface area contributed by atoms with Gasteiger partial charge in [0.25, 0.3) is 0 Å². The van der Waals surface area contributed by atoms with Crippen molar-refractivity contribution in [1.82, 2.24) is 10.2 Å². The van der Waals surface area contributed by atoms with E-state index >= 15 is 0 Å². The fraction of sp³-hybridized carbons (Fsp3) is 0.562. The van der Waals surface area contributed by atoms with Crippen molar-refractivity contribution in [3.8, 4) is 0 Å². The lowest BCUT2D eigenvalue weighted by Crippen LogP contribution is -2.37. The van der Waals surface area contributed by atoms with Gasteiger partial charge in [0.15, 0.2) is 0 Å². The summed E-state index contributed by atoms with van der Waals surface area (Å²) in [5, 5.41) is 3.15. The van der Waals surface area contributed by atoms with Gasteiger partial charge in [-0.3, -0.25) is 10.1 Å². The molecular weight excluding hydrogens is 274 g/mol. The van der Waals surface area contributed by atoms with Gasteiger partial charge >= 0.3 is 0 Å². The number of carbonyl (C=O) groups excluding carboxylic acids is 1. The first kappa shape index (κ1) is 15.9. The fourth-order valence-electron chi connectivity index (χ4n) is 2.63. The molecular formula is C16H22F2N2O. The van der Waals surface area contributed by atoms with Crippen LogP contribution < -0.4 is 5.32 Å². The molecule has 116 valence electrons. The fourth-order valence-corrected chi connectivity index (χ4v) is 2.63. The summed E-state index contributed by atoms with van der Waals surface area (Å²) < 4.78 is 27.1. The Hall–Kier alpha value is -1.49. The molecule has 0 aromatic heterocycles. The molecule has 0 saturated carbocycles. The average Bonchev–Trinajstić information content (AvgIpc) is 2.65. The van der Waals surface area contributed by atoms with Gasteiger partial charge in [0.1, 0.15) is 17.8 Å². The van der Waals surface area contributed by atoms with E-state index in [0.29, 0.717) is 18.5 Å². The van der Waals surface area contributed by atoms with Crippen LogP contribution in [0.1, 0.15) is 45.8 Å².